The van der Waals surface area contributed by atoms with Gasteiger partial charge in [0.15, 0.2) is 0 Å². The number of pyridine rings is 1. The molecule has 0 unspecified atom stereocenters. The Morgan fingerprint density at radius 1 is 1.29 bits per heavy atom. The van der Waals surface area contributed by atoms with Gasteiger partial charge < -0.3 is 9.72 Å². The van der Waals surface area contributed by atoms with Gasteiger partial charge in [0.1, 0.15) is 5.65 Å². The molecular weight excluding hydrogens is 210 g/mol. The van der Waals surface area contributed by atoms with Gasteiger partial charge in [-0.25, -0.2) is 4.98 Å². The highest BCUT2D eigenvalue weighted by molar-refractivity contribution is 5.39. The predicted molar refractivity (Wildman–Crippen MR) is 68.9 cm³/mol. The summed E-state index contributed by atoms with van der Waals surface area (Å²) < 4.78 is 2.08. The summed E-state index contributed by atoms with van der Waals surface area (Å²) in [6.45, 7) is 2.03. The van der Waals surface area contributed by atoms with E-state index in [1.165, 1.54) is 25.7 Å². The van der Waals surface area contributed by atoms with Crippen molar-refractivity contribution in [2.45, 2.75) is 32.2 Å². The number of fused-ring (bicyclic) bond motifs is 1. The number of aromatic nitrogens is 2. The molecule has 0 saturated heterocycles. The summed E-state index contributed by atoms with van der Waals surface area (Å²) in [5.41, 5.74) is 2.17. The van der Waals surface area contributed by atoms with Crippen LogP contribution in [-0.2, 0) is 6.54 Å². The fraction of sp³-hybridized carbons (Fsp3) is 0.500. The van der Waals surface area contributed by atoms with Crippen LogP contribution in [0.5, 0.6) is 0 Å². The lowest BCUT2D eigenvalue weighted by Crippen LogP contribution is -2.20. The quantitative estimate of drug-likeness (QED) is 0.873. The largest absolute Gasteiger partial charge is 0.311 e. The molecule has 0 atom stereocenters. The second-order valence-electron chi connectivity index (χ2n) is 4.98. The van der Waals surface area contributed by atoms with Crippen LogP contribution in [0.3, 0.4) is 0 Å². The molecule has 2 aromatic heterocycles. The first-order chi connectivity index (χ1) is 8.42. The lowest BCUT2D eigenvalue weighted by molar-refractivity contribution is 0.487. The third-order valence-corrected chi connectivity index (χ3v) is 3.63. The van der Waals surface area contributed by atoms with Crippen molar-refractivity contribution in [3.8, 4) is 0 Å². The van der Waals surface area contributed by atoms with E-state index in [4.69, 9.17) is 0 Å². The minimum Gasteiger partial charge on any atom is -0.311 e. The first kappa shape index (κ1) is 10.8. The maximum atomic E-state index is 4.58. The van der Waals surface area contributed by atoms with Gasteiger partial charge in [-0.1, -0.05) is 18.9 Å². The second kappa shape index (κ2) is 4.88. The third kappa shape index (κ3) is 2.50. The first-order valence-electron chi connectivity index (χ1n) is 6.55. The van der Waals surface area contributed by atoms with Crippen molar-refractivity contribution < 1.29 is 0 Å². The summed E-state index contributed by atoms with van der Waals surface area (Å²) in [5, 5.41) is 3.53. The molecule has 0 spiro atoms. The Kier molecular flexibility index (Phi) is 3.10. The molecule has 17 heavy (non-hydrogen) atoms. The molecule has 1 aliphatic carbocycles. The van der Waals surface area contributed by atoms with E-state index >= 15 is 0 Å². The molecule has 3 nitrogen and oxygen atoms in total. The molecule has 1 fully saturated rings. The maximum absolute atomic E-state index is 4.58. The molecule has 3 rings (SSSR count). The molecule has 0 aliphatic heterocycles. The lowest BCUT2D eigenvalue weighted by Gasteiger charge is -2.08. The van der Waals surface area contributed by atoms with Gasteiger partial charge in [-0.3, -0.25) is 0 Å². The van der Waals surface area contributed by atoms with Crippen molar-refractivity contribution in [3.05, 3.63) is 36.3 Å². The first-order valence-corrected chi connectivity index (χ1v) is 6.55. The van der Waals surface area contributed by atoms with E-state index in [1.807, 2.05) is 24.4 Å². The summed E-state index contributed by atoms with van der Waals surface area (Å²) in [6, 6.07) is 6.10. The number of hydrogen-bond acceptors (Lipinski definition) is 2. The molecule has 1 aliphatic rings. The van der Waals surface area contributed by atoms with Gasteiger partial charge in [0, 0.05) is 18.9 Å². The zero-order chi connectivity index (χ0) is 11.5. The van der Waals surface area contributed by atoms with Crippen molar-refractivity contribution in [2.24, 2.45) is 5.92 Å². The van der Waals surface area contributed by atoms with E-state index < -0.39 is 0 Å². The summed E-state index contributed by atoms with van der Waals surface area (Å²) in [4.78, 5) is 4.58. The van der Waals surface area contributed by atoms with Crippen LogP contribution >= 0.6 is 0 Å². The Labute approximate surface area is 102 Å². The van der Waals surface area contributed by atoms with E-state index in [1.54, 1.807) is 0 Å². The van der Waals surface area contributed by atoms with E-state index in [0.29, 0.717) is 0 Å². The van der Waals surface area contributed by atoms with Crippen molar-refractivity contribution in [3.63, 3.8) is 0 Å². The van der Waals surface area contributed by atoms with Gasteiger partial charge in [-0.15, -0.1) is 0 Å². The zero-order valence-electron chi connectivity index (χ0n) is 10.1. The van der Waals surface area contributed by atoms with Gasteiger partial charge in [0.2, 0.25) is 0 Å². The summed E-state index contributed by atoms with van der Waals surface area (Å²) in [6.07, 6.45) is 9.79. The molecule has 2 heterocycles. The molecule has 0 amide bonds. The number of nitrogens with one attached hydrogen (secondary N) is 1. The van der Waals surface area contributed by atoms with Crippen molar-refractivity contribution in [2.75, 3.05) is 6.54 Å². The SMILES string of the molecule is c1ccn2cc(CNCC3CCCC3)nc2c1. The molecular formula is C14H19N3. The molecule has 0 aromatic carbocycles. The number of rotatable bonds is 4. The Hall–Kier alpha value is -1.35. The van der Waals surface area contributed by atoms with E-state index in [0.717, 1.165) is 30.3 Å². The molecule has 1 N–H and O–H groups in total. The minimum atomic E-state index is 0.887. The number of hydrogen-bond donors (Lipinski definition) is 1. The molecule has 2 aromatic rings. The zero-order valence-corrected chi connectivity index (χ0v) is 10.1. The monoisotopic (exact) mass is 229 g/mol. The Morgan fingerprint density at radius 2 is 2.18 bits per heavy atom. The van der Waals surface area contributed by atoms with Gasteiger partial charge in [0.05, 0.1) is 5.69 Å². The average Bonchev–Trinajstić information content (AvgIpc) is 2.96. The van der Waals surface area contributed by atoms with Crippen molar-refractivity contribution in [1.29, 1.82) is 0 Å². The fourth-order valence-electron chi connectivity index (χ4n) is 2.69. The predicted octanol–water partition coefficient (Wildman–Crippen LogP) is 2.61. The van der Waals surface area contributed by atoms with Crippen LogP contribution in [-0.4, -0.2) is 15.9 Å². The summed E-state index contributed by atoms with van der Waals surface area (Å²) in [5.74, 6) is 0.895. The molecule has 0 bridgehead atoms. The highest BCUT2D eigenvalue weighted by Crippen LogP contribution is 2.23. The minimum absolute atomic E-state index is 0.887. The Bertz CT molecular complexity index is 450. The second-order valence-corrected chi connectivity index (χ2v) is 4.98. The van der Waals surface area contributed by atoms with Crippen LogP contribution in [0.2, 0.25) is 0 Å². The van der Waals surface area contributed by atoms with Crippen LogP contribution in [0.25, 0.3) is 5.65 Å². The number of imidazole rings is 1. The normalized spacial score (nSPS) is 16.9. The standard InChI is InChI=1S/C14H19N3/c1-2-6-12(5-1)9-15-10-13-11-17-8-4-3-7-14(17)16-13/h3-4,7-8,11-12,15H,1-2,5-6,9-10H2. The topological polar surface area (TPSA) is 29.3 Å². The molecule has 90 valence electrons. The summed E-state index contributed by atoms with van der Waals surface area (Å²) in [7, 11) is 0. The summed E-state index contributed by atoms with van der Waals surface area (Å²) >= 11 is 0. The van der Waals surface area contributed by atoms with Crippen molar-refractivity contribution >= 4 is 5.65 Å². The van der Waals surface area contributed by atoms with Crippen LogP contribution in [0.1, 0.15) is 31.4 Å². The van der Waals surface area contributed by atoms with Crippen LogP contribution < -0.4 is 5.32 Å². The maximum Gasteiger partial charge on any atom is 0.137 e. The van der Waals surface area contributed by atoms with Crippen LogP contribution in [0.4, 0.5) is 0 Å². The third-order valence-electron chi connectivity index (χ3n) is 3.63. The van der Waals surface area contributed by atoms with Gasteiger partial charge in [0.25, 0.3) is 0 Å². The van der Waals surface area contributed by atoms with Crippen molar-refractivity contribution in [1.82, 2.24) is 14.7 Å². The number of nitrogens with zero attached hydrogens (tertiary/aromatic N) is 2. The fourth-order valence-corrected chi connectivity index (χ4v) is 2.69. The lowest BCUT2D eigenvalue weighted by atomic mass is 10.1. The molecule has 3 heteroatoms. The smallest absolute Gasteiger partial charge is 0.137 e. The van der Waals surface area contributed by atoms with E-state index in [9.17, 15) is 0 Å². The average molecular weight is 229 g/mol. The van der Waals surface area contributed by atoms with E-state index in [2.05, 4.69) is 20.9 Å². The Balaban J connectivity index is 1.57. The van der Waals surface area contributed by atoms with Crippen LogP contribution in [0.15, 0.2) is 30.6 Å². The van der Waals surface area contributed by atoms with Crippen LogP contribution in [0, 0.1) is 5.92 Å². The molecule has 1 saturated carbocycles. The van der Waals surface area contributed by atoms with E-state index in [-0.39, 0.29) is 0 Å². The molecule has 0 radical (unpaired) electrons. The Morgan fingerprint density at radius 3 is 3.00 bits per heavy atom. The van der Waals surface area contributed by atoms with Gasteiger partial charge in [-0.05, 0) is 37.4 Å². The van der Waals surface area contributed by atoms with Gasteiger partial charge in [-0.2, -0.15) is 0 Å². The highest BCUT2D eigenvalue weighted by Gasteiger charge is 2.14. The highest BCUT2D eigenvalue weighted by atomic mass is 15.0. The van der Waals surface area contributed by atoms with Gasteiger partial charge >= 0.3 is 0 Å².